The van der Waals surface area contributed by atoms with Gasteiger partial charge in [-0.05, 0) is 48.4 Å². The molecule has 2 aromatic rings. The van der Waals surface area contributed by atoms with E-state index in [2.05, 4.69) is 5.32 Å². The number of sulfone groups is 1. The second-order valence-corrected chi connectivity index (χ2v) is 7.76. The van der Waals surface area contributed by atoms with Crippen LogP contribution in [0, 0.1) is 0 Å². The number of alkyl halides is 2. The smallest absolute Gasteiger partial charge is 0.341 e. The predicted molar refractivity (Wildman–Crippen MR) is 99.6 cm³/mol. The van der Waals surface area contributed by atoms with Gasteiger partial charge in [0.1, 0.15) is 0 Å². The number of methoxy groups -OCH3 is 1. The van der Waals surface area contributed by atoms with Gasteiger partial charge in [-0.2, -0.15) is 8.78 Å². The Morgan fingerprint density at radius 1 is 1.11 bits per heavy atom. The zero-order valence-electron chi connectivity index (χ0n) is 15.4. The minimum absolute atomic E-state index is 0.156. The SMILES string of the molecule is CCCOc1ccc(CNC(=O)c2ccc(S(=O)(=O)C(F)F)cc2)cc1OC. The van der Waals surface area contributed by atoms with Crippen LogP contribution in [0.4, 0.5) is 8.78 Å². The van der Waals surface area contributed by atoms with Crippen molar-refractivity contribution in [1.29, 1.82) is 0 Å². The Morgan fingerprint density at radius 2 is 1.79 bits per heavy atom. The van der Waals surface area contributed by atoms with Crippen LogP contribution in [0.25, 0.3) is 0 Å². The number of rotatable bonds is 9. The van der Waals surface area contributed by atoms with Gasteiger partial charge in [-0.25, -0.2) is 8.42 Å². The van der Waals surface area contributed by atoms with Gasteiger partial charge in [0.05, 0.1) is 18.6 Å². The molecular weight excluding hydrogens is 392 g/mol. The van der Waals surface area contributed by atoms with Gasteiger partial charge >= 0.3 is 5.76 Å². The average molecular weight is 413 g/mol. The highest BCUT2D eigenvalue weighted by molar-refractivity contribution is 7.91. The molecule has 9 heteroatoms. The lowest BCUT2D eigenvalue weighted by atomic mass is 10.1. The molecule has 0 spiro atoms. The lowest BCUT2D eigenvalue weighted by molar-refractivity contribution is 0.0950. The number of hydrogen-bond acceptors (Lipinski definition) is 5. The van der Waals surface area contributed by atoms with Crippen LogP contribution in [0.5, 0.6) is 11.5 Å². The number of benzene rings is 2. The molecule has 0 heterocycles. The molecule has 0 radical (unpaired) electrons. The van der Waals surface area contributed by atoms with Crippen LogP contribution in [0.15, 0.2) is 47.4 Å². The molecule has 28 heavy (non-hydrogen) atoms. The highest BCUT2D eigenvalue weighted by Crippen LogP contribution is 2.28. The molecule has 152 valence electrons. The summed E-state index contributed by atoms with van der Waals surface area (Å²) in [5, 5.41) is 2.68. The second-order valence-electron chi connectivity index (χ2n) is 5.85. The Balaban J connectivity index is 2.04. The number of ether oxygens (including phenoxy) is 2. The Hall–Kier alpha value is -2.68. The van der Waals surface area contributed by atoms with Gasteiger partial charge in [0, 0.05) is 12.1 Å². The number of nitrogens with one attached hydrogen (secondary N) is 1. The van der Waals surface area contributed by atoms with Gasteiger partial charge in [-0.15, -0.1) is 0 Å². The van der Waals surface area contributed by atoms with Crippen molar-refractivity contribution in [2.24, 2.45) is 0 Å². The molecule has 2 rings (SSSR count). The van der Waals surface area contributed by atoms with Crippen LogP contribution in [-0.2, 0) is 16.4 Å². The van der Waals surface area contributed by atoms with E-state index in [-0.39, 0.29) is 12.1 Å². The highest BCUT2D eigenvalue weighted by atomic mass is 32.2. The molecule has 6 nitrogen and oxygen atoms in total. The number of carbonyl (C=O) groups is 1. The summed E-state index contributed by atoms with van der Waals surface area (Å²) in [5.74, 6) is -2.82. The van der Waals surface area contributed by atoms with Crippen molar-refractivity contribution >= 4 is 15.7 Å². The molecule has 0 bridgehead atoms. The van der Waals surface area contributed by atoms with Gasteiger partial charge in [0.15, 0.2) is 11.5 Å². The molecule has 0 aromatic heterocycles. The van der Waals surface area contributed by atoms with Gasteiger partial charge in [-0.3, -0.25) is 4.79 Å². The molecular formula is C19H21F2NO5S. The van der Waals surface area contributed by atoms with Gasteiger partial charge in [-0.1, -0.05) is 13.0 Å². The fourth-order valence-electron chi connectivity index (χ4n) is 2.34. The van der Waals surface area contributed by atoms with Crippen molar-refractivity contribution in [3.8, 4) is 11.5 Å². The van der Waals surface area contributed by atoms with Gasteiger partial charge < -0.3 is 14.8 Å². The van der Waals surface area contributed by atoms with E-state index in [4.69, 9.17) is 9.47 Å². The average Bonchev–Trinajstić information content (AvgIpc) is 2.70. The van der Waals surface area contributed by atoms with Crippen molar-refractivity contribution < 1.29 is 31.5 Å². The second kappa shape index (κ2) is 9.50. The Bertz CT molecular complexity index is 914. The topological polar surface area (TPSA) is 81.7 Å². The number of hydrogen-bond donors (Lipinski definition) is 1. The van der Waals surface area contributed by atoms with E-state index in [1.807, 2.05) is 6.92 Å². The molecule has 0 aliphatic carbocycles. The maximum atomic E-state index is 12.5. The normalized spacial score (nSPS) is 11.3. The minimum atomic E-state index is -4.68. The van der Waals surface area contributed by atoms with Crippen LogP contribution < -0.4 is 14.8 Å². The fraction of sp³-hybridized carbons (Fsp3) is 0.316. The minimum Gasteiger partial charge on any atom is -0.493 e. The highest BCUT2D eigenvalue weighted by Gasteiger charge is 2.26. The fourth-order valence-corrected chi connectivity index (χ4v) is 3.06. The summed E-state index contributed by atoms with van der Waals surface area (Å²) in [7, 11) is -3.16. The predicted octanol–water partition coefficient (Wildman–Crippen LogP) is 3.41. The Kier molecular flexibility index (Phi) is 7.33. The number of amides is 1. The van der Waals surface area contributed by atoms with Gasteiger partial charge in [0.25, 0.3) is 5.91 Å². The molecule has 0 aliphatic rings. The van der Waals surface area contributed by atoms with Crippen LogP contribution in [0.3, 0.4) is 0 Å². The lowest BCUT2D eigenvalue weighted by Crippen LogP contribution is -2.23. The summed E-state index contributed by atoms with van der Waals surface area (Å²) >= 11 is 0. The standard InChI is InChI=1S/C19H21F2NO5S/c1-3-10-27-16-9-4-13(11-17(16)26-2)12-22-18(23)14-5-7-15(8-6-14)28(24,25)19(20)21/h4-9,11,19H,3,10,12H2,1-2H3,(H,22,23). The zero-order valence-corrected chi connectivity index (χ0v) is 16.3. The maximum Gasteiger partial charge on any atom is 0.341 e. The first kappa shape index (κ1) is 21.6. The summed E-state index contributed by atoms with van der Waals surface area (Å²) in [6.45, 7) is 2.75. The zero-order chi connectivity index (χ0) is 20.7. The van der Waals surface area contributed by atoms with E-state index in [1.165, 1.54) is 19.2 Å². The molecule has 0 atom stereocenters. The Morgan fingerprint density at radius 3 is 2.36 bits per heavy atom. The maximum absolute atomic E-state index is 12.5. The molecule has 0 unspecified atom stereocenters. The van der Waals surface area contributed by atoms with Crippen molar-refractivity contribution in [2.45, 2.75) is 30.5 Å². The van der Waals surface area contributed by atoms with E-state index in [9.17, 15) is 22.0 Å². The first-order valence-corrected chi connectivity index (χ1v) is 10.0. The van der Waals surface area contributed by atoms with Crippen LogP contribution in [-0.4, -0.2) is 33.8 Å². The first-order chi connectivity index (χ1) is 13.3. The van der Waals surface area contributed by atoms with E-state index in [1.54, 1.807) is 18.2 Å². The lowest BCUT2D eigenvalue weighted by Gasteiger charge is -2.12. The molecule has 1 N–H and O–H groups in total. The molecule has 0 fully saturated rings. The van der Waals surface area contributed by atoms with E-state index >= 15 is 0 Å². The quantitative estimate of drug-likeness (QED) is 0.681. The van der Waals surface area contributed by atoms with Crippen molar-refractivity contribution in [1.82, 2.24) is 5.32 Å². The third-order valence-electron chi connectivity index (χ3n) is 3.82. The van der Waals surface area contributed by atoms with E-state index in [0.717, 1.165) is 24.1 Å². The summed E-state index contributed by atoms with van der Waals surface area (Å²) in [6.07, 6.45) is 0.859. The summed E-state index contributed by atoms with van der Waals surface area (Å²) in [6, 6.07) is 9.62. The molecule has 1 amide bonds. The summed E-state index contributed by atoms with van der Waals surface area (Å²) in [5.41, 5.74) is 0.925. The first-order valence-electron chi connectivity index (χ1n) is 8.49. The molecule has 0 saturated carbocycles. The van der Waals surface area contributed by atoms with Crippen molar-refractivity contribution in [3.05, 3.63) is 53.6 Å². The van der Waals surface area contributed by atoms with E-state index < -0.39 is 26.4 Å². The largest absolute Gasteiger partial charge is 0.493 e. The van der Waals surface area contributed by atoms with Crippen LogP contribution in [0.2, 0.25) is 0 Å². The van der Waals surface area contributed by atoms with Crippen molar-refractivity contribution in [3.63, 3.8) is 0 Å². The third-order valence-corrected chi connectivity index (χ3v) is 5.22. The Labute approximate surface area is 162 Å². The third kappa shape index (κ3) is 5.19. The van der Waals surface area contributed by atoms with Gasteiger partial charge in [0.2, 0.25) is 9.84 Å². The number of halogens is 2. The molecule has 0 saturated heterocycles. The molecule has 0 aliphatic heterocycles. The monoisotopic (exact) mass is 413 g/mol. The van der Waals surface area contributed by atoms with E-state index in [0.29, 0.717) is 18.1 Å². The van der Waals surface area contributed by atoms with Crippen LogP contribution in [0.1, 0.15) is 29.3 Å². The molecule has 2 aromatic carbocycles. The summed E-state index contributed by atoms with van der Waals surface area (Å²) < 4.78 is 58.7. The summed E-state index contributed by atoms with van der Waals surface area (Å²) in [4.78, 5) is 11.7. The van der Waals surface area contributed by atoms with Crippen molar-refractivity contribution in [2.75, 3.05) is 13.7 Å². The number of carbonyl (C=O) groups excluding carboxylic acids is 1. The van der Waals surface area contributed by atoms with Crippen LogP contribution >= 0.6 is 0 Å².